The first kappa shape index (κ1) is 13.6. The van der Waals surface area contributed by atoms with Gasteiger partial charge in [0.2, 0.25) is 0 Å². The summed E-state index contributed by atoms with van der Waals surface area (Å²) in [6.07, 6.45) is 14.6. The smallest absolute Gasteiger partial charge is 0.123 e. The second kappa shape index (κ2) is 6.35. The number of aliphatic imine (C=N–C) groups is 2. The van der Waals surface area contributed by atoms with Crippen molar-refractivity contribution in [2.45, 2.75) is 71.4 Å². The lowest BCUT2D eigenvalue weighted by molar-refractivity contribution is 0.248. The minimum atomic E-state index is 0.352. The average Bonchev–Trinajstić information content (AvgIpc) is 2.34. The van der Waals surface area contributed by atoms with Crippen molar-refractivity contribution >= 4 is 12.7 Å². The first-order valence-corrected chi connectivity index (χ1v) is 7.48. The Bertz CT molecular complexity index is 307. The molecule has 0 aromatic carbocycles. The molecule has 18 heavy (non-hydrogen) atoms. The van der Waals surface area contributed by atoms with E-state index < -0.39 is 0 Å². The maximum Gasteiger partial charge on any atom is 0.123 e. The normalized spacial score (nSPS) is 29.2. The summed E-state index contributed by atoms with van der Waals surface area (Å²) >= 11 is 0. The largest absolute Gasteiger partial charge is 0.340 e. The maximum atomic E-state index is 4.52. The van der Waals surface area contributed by atoms with E-state index in [1.54, 1.807) is 6.34 Å². The van der Waals surface area contributed by atoms with Crippen LogP contribution < -0.4 is 0 Å². The van der Waals surface area contributed by atoms with Crippen molar-refractivity contribution in [3.63, 3.8) is 0 Å². The Morgan fingerprint density at radius 3 is 2.67 bits per heavy atom. The summed E-state index contributed by atoms with van der Waals surface area (Å²) in [7, 11) is 0. The summed E-state index contributed by atoms with van der Waals surface area (Å²) in [6.45, 7) is 5.97. The summed E-state index contributed by atoms with van der Waals surface area (Å²) in [5, 5.41) is 0. The van der Waals surface area contributed by atoms with Crippen molar-refractivity contribution < 1.29 is 0 Å². The van der Waals surface area contributed by atoms with E-state index >= 15 is 0 Å². The zero-order valence-corrected chi connectivity index (χ0v) is 11.9. The topological polar surface area (TPSA) is 28.0 Å². The van der Waals surface area contributed by atoms with E-state index in [1.165, 1.54) is 51.4 Å². The summed E-state index contributed by atoms with van der Waals surface area (Å²) < 4.78 is 0. The van der Waals surface area contributed by atoms with Crippen molar-refractivity contribution in [3.8, 4) is 0 Å². The predicted octanol–water partition coefficient (Wildman–Crippen LogP) is 3.85. The summed E-state index contributed by atoms with van der Waals surface area (Å²) in [6, 6.07) is 0. The number of hydrogen-bond donors (Lipinski definition) is 0. The van der Waals surface area contributed by atoms with Crippen LogP contribution in [-0.4, -0.2) is 30.3 Å². The van der Waals surface area contributed by atoms with Crippen molar-refractivity contribution in [1.82, 2.24) is 4.90 Å². The monoisotopic (exact) mass is 249 g/mol. The lowest BCUT2D eigenvalue weighted by Crippen LogP contribution is -2.35. The van der Waals surface area contributed by atoms with Crippen molar-refractivity contribution in [1.29, 1.82) is 0 Å². The molecule has 0 spiro atoms. The van der Waals surface area contributed by atoms with E-state index in [9.17, 15) is 0 Å². The van der Waals surface area contributed by atoms with Gasteiger partial charge in [-0.25, -0.2) is 9.98 Å². The third kappa shape index (κ3) is 4.11. The fourth-order valence-corrected chi connectivity index (χ4v) is 2.97. The first-order chi connectivity index (χ1) is 8.67. The molecule has 3 nitrogen and oxygen atoms in total. The fraction of sp³-hybridized carbons (Fsp3) is 0.867. The molecule has 0 N–H and O–H groups in total. The van der Waals surface area contributed by atoms with E-state index in [1.807, 2.05) is 6.34 Å². The number of nitrogens with zero attached hydrogens (tertiary/aromatic N) is 3. The van der Waals surface area contributed by atoms with Crippen LogP contribution in [0.4, 0.5) is 0 Å². The molecule has 3 heteroatoms. The third-order valence-corrected chi connectivity index (χ3v) is 4.24. The van der Waals surface area contributed by atoms with Crippen LogP contribution in [0.5, 0.6) is 0 Å². The predicted molar refractivity (Wildman–Crippen MR) is 78.2 cm³/mol. The highest BCUT2D eigenvalue weighted by Gasteiger charge is 2.20. The minimum Gasteiger partial charge on any atom is -0.340 e. The molecule has 1 fully saturated rings. The molecule has 102 valence electrons. The lowest BCUT2D eigenvalue weighted by atomic mass is 9.81. The van der Waals surface area contributed by atoms with Crippen LogP contribution in [0.15, 0.2) is 9.98 Å². The molecule has 0 bridgehead atoms. The molecule has 0 aromatic rings. The van der Waals surface area contributed by atoms with E-state index in [4.69, 9.17) is 0 Å². The summed E-state index contributed by atoms with van der Waals surface area (Å²) in [5.41, 5.74) is 0.538. The Hall–Kier alpha value is -0.860. The molecule has 0 aromatic heterocycles. The lowest BCUT2D eigenvalue weighted by Gasteiger charge is -2.30. The molecule has 2 heterocycles. The Morgan fingerprint density at radius 2 is 1.83 bits per heavy atom. The molecule has 0 saturated carbocycles. The van der Waals surface area contributed by atoms with Crippen LogP contribution in [-0.2, 0) is 0 Å². The van der Waals surface area contributed by atoms with Crippen molar-refractivity contribution in [2.24, 2.45) is 15.4 Å². The third-order valence-electron chi connectivity index (χ3n) is 4.24. The summed E-state index contributed by atoms with van der Waals surface area (Å²) in [4.78, 5) is 11.0. The van der Waals surface area contributed by atoms with Gasteiger partial charge >= 0.3 is 0 Å². The number of fused-ring (bicyclic) bond motifs is 1. The fourth-order valence-electron chi connectivity index (χ4n) is 2.97. The van der Waals surface area contributed by atoms with Crippen LogP contribution in [0.3, 0.4) is 0 Å². The van der Waals surface area contributed by atoms with E-state index in [0.717, 1.165) is 6.54 Å². The van der Waals surface area contributed by atoms with Crippen LogP contribution in [0.1, 0.15) is 65.2 Å². The molecule has 1 unspecified atom stereocenters. The van der Waals surface area contributed by atoms with Gasteiger partial charge in [0.05, 0.1) is 6.34 Å². The van der Waals surface area contributed by atoms with Gasteiger partial charge in [-0.1, -0.05) is 33.1 Å². The molecular formula is C15H27N3. The first-order valence-electron chi connectivity index (χ1n) is 7.48. The number of hydrogen-bond acceptors (Lipinski definition) is 3. The molecule has 1 saturated heterocycles. The van der Waals surface area contributed by atoms with Crippen molar-refractivity contribution in [3.05, 3.63) is 0 Å². The minimum absolute atomic E-state index is 0.352. The van der Waals surface area contributed by atoms with Gasteiger partial charge < -0.3 is 4.90 Å². The van der Waals surface area contributed by atoms with Gasteiger partial charge in [0, 0.05) is 6.54 Å². The molecule has 1 atom stereocenters. The van der Waals surface area contributed by atoms with E-state index in [2.05, 4.69) is 28.7 Å². The summed E-state index contributed by atoms with van der Waals surface area (Å²) in [5.74, 6) is 0. The van der Waals surface area contributed by atoms with Crippen LogP contribution in [0.25, 0.3) is 0 Å². The quantitative estimate of drug-likeness (QED) is 0.641. The molecule has 0 aliphatic carbocycles. The molecular weight excluding hydrogens is 222 g/mol. The maximum absolute atomic E-state index is 4.52. The molecule has 2 rings (SSSR count). The average molecular weight is 249 g/mol. The SMILES string of the molecule is CC1(C)CCCCCN2C=NC=NC2CCCC1. The van der Waals surface area contributed by atoms with Crippen LogP contribution >= 0.6 is 0 Å². The Balaban J connectivity index is 1.90. The zero-order chi connectivity index (χ0) is 12.8. The Kier molecular flexibility index (Phi) is 4.79. The highest BCUT2D eigenvalue weighted by molar-refractivity contribution is 5.73. The van der Waals surface area contributed by atoms with Crippen LogP contribution in [0, 0.1) is 5.41 Å². The zero-order valence-electron chi connectivity index (χ0n) is 11.9. The van der Waals surface area contributed by atoms with E-state index in [0.29, 0.717) is 11.6 Å². The van der Waals surface area contributed by atoms with Gasteiger partial charge in [0.25, 0.3) is 0 Å². The van der Waals surface area contributed by atoms with E-state index in [-0.39, 0.29) is 0 Å². The van der Waals surface area contributed by atoms with Gasteiger partial charge in [-0.15, -0.1) is 0 Å². The van der Waals surface area contributed by atoms with Gasteiger partial charge in [-0.3, -0.25) is 0 Å². The van der Waals surface area contributed by atoms with Gasteiger partial charge in [0.15, 0.2) is 0 Å². The molecule has 0 radical (unpaired) electrons. The Morgan fingerprint density at radius 1 is 1.06 bits per heavy atom. The highest BCUT2D eigenvalue weighted by Crippen LogP contribution is 2.31. The Labute approximate surface area is 111 Å². The van der Waals surface area contributed by atoms with Gasteiger partial charge in [-0.2, -0.15) is 0 Å². The molecule has 0 amide bonds. The van der Waals surface area contributed by atoms with Gasteiger partial charge in [-0.05, 0) is 37.5 Å². The van der Waals surface area contributed by atoms with Crippen LogP contribution in [0.2, 0.25) is 0 Å². The van der Waals surface area contributed by atoms with Crippen molar-refractivity contribution in [2.75, 3.05) is 6.54 Å². The number of rotatable bonds is 0. The standard InChI is InChI=1S/C15H27N3/c1-15(2)9-5-3-7-11-18-13-16-12-17-14(18)8-4-6-10-15/h12-14H,3-11H2,1-2H3. The second-order valence-electron chi connectivity index (χ2n) is 6.47. The molecule has 2 aliphatic rings. The second-order valence-corrected chi connectivity index (χ2v) is 6.47. The van der Waals surface area contributed by atoms with Gasteiger partial charge in [0.1, 0.15) is 12.5 Å². The molecule has 2 aliphatic heterocycles. The highest BCUT2D eigenvalue weighted by atomic mass is 15.3.